The molecule has 0 heterocycles. The Morgan fingerprint density at radius 1 is 1.08 bits per heavy atom. The molecule has 4 nitrogen and oxygen atoms in total. The zero-order chi connectivity index (χ0) is 17.7. The van der Waals surface area contributed by atoms with Gasteiger partial charge in [0.25, 0.3) is 0 Å². The molecular weight excluding hydrogens is 302 g/mol. The molecule has 2 aromatic carbocycles. The lowest BCUT2D eigenvalue weighted by molar-refractivity contribution is -0.145. The number of benzene rings is 2. The molecule has 126 valence electrons. The van der Waals surface area contributed by atoms with Crippen LogP contribution in [0.1, 0.15) is 37.0 Å². The van der Waals surface area contributed by atoms with Crippen molar-refractivity contribution in [1.29, 1.82) is 0 Å². The second kappa shape index (κ2) is 7.30. The van der Waals surface area contributed by atoms with E-state index in [1.165, 1.54) is 0 Å². The zero-order valence-electron chi connectivity index (χ0n) is 14.3. The fourth-order valence-corrected chi connectivity index (χ4v) is 2.81. The molecule has 4 heteroatoms. The van der Waals surface area contributed by atoms with Gasteiger partial charge in [0.15, 0.2) is 0 Å². The number of amides is 1. The first-order chi connectivity index (χ1) is 11.4. The van der Waals surface area contributed by atoms with Crippen molar-refractivity contribution in [3.63, 3.8) is 0 Å². The smallest absolute Gasteiger partial charge is 0.314 e. The van der Waals surface area contributed by atoms with Crippen LogP contribution in [0.2, 0.25) is 0 Å². The fourth-order valence-electron chi connectivity index (χ4n) is 2.81. The number of aliphatic carboxylic acids is 1. The van der Waals surface area contributed by atoms with Gasteiger partial charge in [0.05, 0.1) is 5.41 Å². The van der Waals surface area contributed by atoms with Gasteiger partial charge < -0.3 is 10.4 Å². The first-order valence-corrected chi connectivity index (χ1v) is 8.05. The Hall–Kier alpha value is -2.62. The maximum atomic E-state index is 12.6. The van der Waals surface area contributed by atoms with E-state index in [1.807, 2.05) is 38.1 Å². The van der Waals surface area contributed by atoms with Crippen molar-refractivity contribution in [1.82, 2.24) is 0 Å². The van der Waals surface area contributed by atoms with Crippen LogP contribution in [0.25, 0.3) is 0 Å². The van der Waals surface area contributed by atoms with Gasteiger partial charge >= 0.3 is 5.97 Å². The summed E-state index contributed by atoms with van der Waals surface area (Å²) in [4.78, 5) is 24.4. The van der Waals surface area contributed by atoms with Crippen molar-refractivity contribution in [2.75, 3.05) is 5.32 Å². The van der Waals surface area contributed by atoms with Gasteiger partial charge in [0.1, 0.15) is 0 Å². The van der Waals surface area contributed by atoms with E-state index in [9.17, 15) is 14.7 Å². The molecule has 2 N–H and O–H groups in total. The Balaban J connectivity index is 2.26. The van der Waals surface area contributed by atoms with E-state index in [0.29, 0.717) is 5.56 Å². The quantitative estimate of drug-likeness (QED) is 0.845. The molecule has 24 heavy (non-hydrogen) atoms. The third kappa shape index (κ3) is 3.65. The van der Waals surface area contributed by atoms with Crippen LogP contribution in [-0.2, 0) is 21.4 Å². The lowest BCUT2D eigenvalue weighted by Crippen LogP contribution is -2.36. The van der Waals surface area contributed by atoms with Crippen molar-refractivity contribution in [3.05, 3.63) is 65.2 Å². The Labute approximate surface area is 142 Å². The minimum Gasteiger partial charge on any atom is -0.481 e. The minimum atomic E-state index is -1.26. The van der Waals surface area contributed by atoms with Crippen LogP contribution >= 0.6 is 0 Å². The summed E-state index contributed by atoms with van der Waals surface area (Å²) < 4.78 is 0. The fraction of sp³-hybridized carbons (Fsp3) is 0.300. The standard InChI is InChI=1S/C20H23NO3/c1-4-15-10-8-9-14(2)18(15)21-17(22)13-20(3,19(23)24)16-11-6-5-7-12-16/h5-12H,4,13H2,1-3H3,(H,21,22)(H,23,24)/t20-/m1/s1. The Bertz CT molecular complexity index is 740. The summed E-state index contributed by atoms with van der Waals surface area (Å²) in [5.41, 5.74) is 2.15. The second-order valence-corrected chi connectivity index (χ2v) is 6.19. The molecule has 0 radical (unpaired) electrons. The monoisotopic (exact) mass is 325 g/mol. The summed E-state index contributed by atoms with van der Waals surface area (Å²) in [6, 6.07) is 14.7. The Morgan fingerprint density at radius 2 is 1.75 bits per heavy atom. The van der Waals surface area contributed by atoms with Gasteiger partial charge in [-0.3, -0.25) is 9.59 Å². The van der Waals surface area contributed by atoms with E-state index in [1.54, 1.807) is 31.2 Å². The second-order valence-electron chi connectivity index (χ2n) is 6.19. The van der Waals surface area contributed by atoms with Gasteiger partial charge in [-0.1, -0.05) is 55.5 Å². The topological polar surface area (TPSA) is 66.4 Å². The molecule has 0 aliphatic heterocycles. The first-order valence-electron chi connectivity index (χ1n) is 8.05. The number of nitrogens with one attached hydrogen (secondary N) is 1. The van der Waals surface area contributed by atoms with Crippen LogP contribution in [0, 0.1) is 6.92 Å². The Morgan fingerprint density at radius 3 is 2.33 bits per heavy atom. The third-order valence-corrected chi connectivity index (χ3v) is 4.40. The molecule has 1 atom stereocenters. The summed E-state index contributed by atoms with van der Waals surface area (Å²) >= 11 is 0. The molecule has 0 spiro atoms. The van der Waals surface area contributed by atoms with Crippen LogP contribution in [0.5, 0.6) is 0 Å². The molecule has 0 bridgehead atoms. The van der Waals surface area contributed by atoms with Gasteiger partial charge in [0.2, 0.25) is 5.91 Å². The predicted octanol–water partition coefficient (Wildman–Crippen LogP) is 3.93. The van der Waals surface area contributed by atoms with E-state index >= 15 is 0 Å². The molecule has 0 unspecified atom stereocenters. The number of carbonyl (C=O) groups excluding carboxylic acids is 1. The highest BCUT2D eigenvalue weighted by atomic mass is 16.4. The normalized spacial score (nSPS) is 13.1. The van der Waals surface area contributed by atoms with Crippen LogP contribution in [0.3, 0.4) is 0 Å². The lowest BCUT2D eigenvalue weighted by Gasteiger charge is -2.25. The summed E-state index contributed by atoms with van der Waals surface area (Å²) in [6.45, 7) is 5.54. The van der Waals surface area contributed by atoms with Crippen LogP contribution in [0.15, 0.2) is 48.5 Å². The van der Waals surface area contributed by atoms with Crippen molar-refractivity contribution in [3.8, 4) is 0 Å². The lowest BCUT2D eigenvalue weighted by atomic mass is 9.79. The van der Waals surface area contributed by atoms with Crippen molar-refractivity contribution >= 4 is 17.6 Å². The maximum absolute atomic E-state index is 12.6. The molecule has 0 fully saturated rings. The van der Waals surface area contributed by atoms with E-state index in [-0.39, 0.29) is 12.3 Å². The number of rotatable bonds is 6. The molecule has 1 amide bonds. The predicted molar refractivity (Wildman–Crippen MR) is 95.2 cm³/mol. The van der Waals surface area contributed by atoms with Crippen LogP contribution in [0.4, 0.5) is 5.69 Å². The van der Waals surface area contributed by atoms with Crippen molar-refractivity contribution in [2.45, 2.75) is 39.0 Å². The molecule has 0 saturated heterocycles. The SMILES string of the molecule is CCc1cccc(C)c1NC(=O)C[C@@](C)(C(=O)O)c1ccccc1. The average Bonchev–Trinajstić information content (AvgIpc) is 2.57. The van der Waals surface area contributed by atoms with Gasteiger partial charge in [-0.25, -0.2) is 0 Å². The van der Waals surface area contributed by atoms with Gasteiger partial charge in [-0.05, 0) is 37.0 Å². The number of carboxylic acids is 1. The number of aryl methyl sites for hydroxylation is 2. The van der Waals surface area contributed by atoms with E-state index in [0.717, 1.165) is 23.2 Å². The number of carbonyl (C=O) groups is 2. The van der Waals surface area contributed by atoms with Crippen molar-refractivity contribution < 1.29 is 14.7 Å². The molecule has 2 aromatic rings. The zero-order valence-corrected chi connectivity index (χ0v) is 14.3. The van der Waals surface area contributed by atoms with E-state index in [2.05, 4.69) is 5.32 Å². The highest BCUT2D eigenvalue weighted by Crippen LogP contribution is 2.29. The summed E-state index contributed by atoms with van der Waals surface area (Å²) in [5.74, 6) is -1.31. The van der Waals surface area contributed by atoms with Gasteiger partial charge in [-0.2, -0.15) is 0 Å². The van der Waals surface area contributed by atoms with Gasteiger partial charge in [0, 0.05) is 12.1 Å². The number of hydrogen-bond donors (Lipinski definition) is 2. The number of carboxylic acid groups (broad SMARTS) is 1. The van der Waals surface area contributed by atoms with Crippen LogP contribution < -0.4 is 5.32 Å². The summed E-state index contributed by atoms with van der Waals surface area (Å²) in [6.07, 6.45) is 0.677. The number of para-hydroxylation sites is 1. The van der Waals surface area contributed by atoms with Crippen LogP contribution in [-0.4, -0.2) is 17.0 Å². The average molecular weight is 325 g/mol. The number of hydrogen-bond acceptors (Lipinski definition) is 2. The highest BCUT2D eigenvalue weighted by molar-refractivity contribution is 5.97. The minimum absolute atomic E-state index is 0.121. The molecular formula is C20H23NO3. The molecule has 2 rings (SSSR count). The summed E-state index contributed by atoms with van der Waals surface area (Å²) in [7, 11) is 0. The Kier molecular flexibility index (Phi) is 5.39. The van der Waals surface area contributed by atoms with Crippen molar-refractivity contribution in [2.24, 2.45) is 0 Å². The first kappa shape index (κ1) is 17.7. The number of anilines is 1. The van der Waals surface area contributed by atoms with Gasteiger partial charge in [-0.15, -0.1) is 0 Å². The third-order valence-electron chi connectivity index (χ3n) is 4.40. The molecule has 0 aliphatic carbocycles. The summed E-state index contributed by atoms with van der Waals surface area (Å²) in [5, 5.41) is 12.6. The van der Waals surface area contributed by atoms with E-state index < -0.39 is 11.4 Å². The van der Waals surface area contributed by atoms with E-state index in [4.69, 9.17) is 0 Å². The molecule has 0 saturated carbocycles. The maximum Gasteiger partial charge on any atom is 0.314 e. The highest BCUT2D eigenvalue weighted by Gasteiger charge is 2.37. The largest absolute Gasteiger partial charge is 0.481 e. The molecule has 0 aliphatic rings. The molecule has 0 aromatic heterocycles.